The number of ether oxygens (including phenoxy) is 2. The normalized spacial score (nSPS) is 16.2. The van der Waals surface area contributed by atoms with Gasteiger partial charge in [0.05, 0.1) is 37.6 Å². The van der Waals surface area contributed by atoms with Gasteiger partial charge in [-0.3, -0.25) is 9.59 Å². The maximum Gasteiger partial charge on any atom is 0.335 e. The van der Waals surface area contributed by atoms with Crippen molar-refractivity contribution < 1.29 is 29.0 Å². The first kappa shape index (κ1) is 19.2. The molecule has 2 N–H and O–H groups in total. The van der Waals surface area contributed by atoms with Crippen molar-refractivity contribution >= 4 is 29.2 Å². The first-order valence-electron chi connectivity index (χ1n) is 8.55. The van der Waals surface area contributed by atoms with E-state index in [-0.39, 0.29) is 17.7 Å². The van der Waals surface area contributed by atoms with Gasteiger partial charge in [-0.15, -0.1) is 0 Å². The summed E-state index contributed by atoms with van der Waals surface area (Å²) in [6, 6.07) is 8.64. The molecule has 2 aromatic carbocycles. The number of rotatable bonds is 6. The van der Waals surface area contributed by atoms with Crippen LogP contribution in [0.2, 0.25) is 0 Å². The van der Waals surface area contributed by atoms with Crippen LogP contribution < -0.4 is 19.7 Å². The molecular weight excluding hydrogens is 364 g/mol. The second-order valence-corrected chi connectivity index (χ2v) is 6.34. The van der Waals surface area contributed by atoms with Crippen LogP contribution in [-0.4, -0.2) is 43.2 Å². The maximum atomic E-state index is 12.9. The molecule has 8 heteroatoms. The molecule has 1 saturated heterocycles. The van der Waals surface area contributed by atoms with Gasteiger partial charge >= 0.3 is 5.97 Å². The Morgan fingerprint density at radius 2 is 1.89 bits per heavy atom. The van der Waals surface area contributed by atoms with Crippen LogP contribution in [0.15, 0.2) is 36.4 Å². The van der Waals surface area contributed by atoms with Gasteiger partial charge in [-0.1, -0.05) is 6.07 Å². The summed E-state index contributed by atoms with van der Waals surface area (Å²) in [5, 5.41) is 12.2. The van der Waals surface area contributed by atoms with Gasteiger partial charge in [-0.2, -0.15) is 0 Å². The van der Waals surface area contributed by atoms with Crippen molar-refractivity contribution in [3.05, 3.63) is 47.5 Å². The maximum absolute atomic E-state index is 12.9. The molecule has 0 radical (unpaired) electrons. The lowest BCUT2D eigenvalue weighted by molar-refractivity contribution is -0.121. The highest BCUT2D eigenvalue weighted by atomic mass is 16.5. The van der Waals surface area contributed by atoms with E-state index < -0.39 is 23.8 Å². The molecule has 2 amide bonds. The first-order chi connectivity index (χ1) is 13.3. The fourth-order valence-corrected chi connectivity index (χ4v) is 3.09. The van der Waals surface area contributed by atoms with Crippen molar-refractivity contribution in [1.82, 2.24) is 0 Å². The summed E-state index contributed by atoms with van der Waals surface area (Å²) in [7, 11) is 3.03. The highest BCUT2D eigenvalue weighted by Crippen LogP contribution is 2.33. The van der Waals surface area contributed by atoms with Crippen molar-refractivity contribution in [3.8, 4) is 11.5 Å². The van der Waals surface area contributed by atoms with Gasteiger partial charge in [-0.05, 0) is 36.8 Å². The number of nitrogens with one attached hydrogen (secondary N) is 1. The van der Waals surface area contributed by atoms with E-state index in [0.29, 0.717) is 22.7 Å². The second kappa shape index (κ2) is 7.59. The van der Waals surface area contributed by atoms with Crippen molar-refractivity contribution in [3.63, 3.8) is 0 Å². The lowest BCUT2D eigenvalue weighted by atomic mass is 10.1. The quantitative estimate of drug-likeness (QED) is 0.737. The summed E-state index contributed by atoms with van der Waals surface area (Å²) in [6.07, 6.45) is -0.0508. The Hall–Kier alpha value is -3.55. The Labute approximate surface area is 161 Å². The number of amides is 2. The number of hydrogen-bond acceptors (Lipinski definition) is 6. The van der Waals surface area contributed by atoms with E-state index in [1.165, 1.54) is 26.4 Å². The third-order valence-corrected chi connectivity index (χ3v) is 4.58. The van der Waals surface area contributed by atoms with Crippen LogP contribution in [0.4, 0.5) is 11.4 Å². The van der Waals surface area contributed by atoms with E-state index in [0.717, 1.165) is 4.90 Å². The van der Waals surface area contributed by atoms with E-state index in [1.54, 1.807) is 31.2 Å². The minimum atomic E-state index is -1.13. The Morgan fingerprint density at radius 1 is 1.14 bits per heavy atom. The van der Waals surface area contributed by atoms with Crippen LogP contribution >= 0.6 is 0 Å². The number of carboxylic acids is 1. The summed E-state index contributed by atoms with van der Waals surface area (Å²) in [6.45, 7) is 1.72. The molecule has 0 saturated carbocycles. The average molecular weight is 384 g/mol. The van der Waals surface area contributed by atoms with Crippen LogP contribution in [0, 0.1) is 6.92 Å². The molecular formula is C20H20N2O6. The molecule has 8 nitrogen and oxygen atoms in total. The summed E-state index contributed by atoms with van der Waals surface area (Å²) < 4.78 is 10.5. The number of hydrogen-bond donors (Lipinski definition) is 2. The Balaban J connectivity index is 1.89. The number of carbonyl (C=O) groups excluding carboxylic acids is 2. The summed E-state index contributed by atoms with van der Waals surface area (Å²) in [5.74, 6) is -0.909. The molecule has 0 bridgehead atoms. The molecule has 1 atom stereocenters. The standard InChI is InChI=1S/C20H20N2O6/c1-11-4-5-12(20(25)26)8-16(11)22-18(23)10-15(19(22)24)21-14-7-6-13(27-2)9-17(14)28-3/h4-9,15,21H,10H2,1-3H3,(H,25,26)/t15-/m0/s1. The number of aromatic carboxylic acids is 1. The topological polar surface area (TPSA) is 105 Å². The fraction of sp³-hybridized carbons (Fsp3) is 0.250. The van der Waals surface area contributed by atoms with Crippen LogP contribution in [0.1, 0.15) is 22.3 Å². The molecule has 2 aromatic rings. The smallest absolute Gasteiger partial charge is 0.335 e. The molecule has 0 spiro atoms. The zero-order valence-corrected chi connectivity index (χ0v) is 15.7. The molecule has 0 aliphatic carbocycles. The number of aryl methyl sites for hydroxylation is 1. The summed E-state index contributed by atoms with van der Waals surface area (Å²) in [4.78, 5) is 37.7. The molecule has 1 aliphatic rings. The number of carboxylic acid groups (broad SMARTS) is 1. The van der Waals surface area contributed by atoms with Crippen molar-refractivity contribution in [1.29, 1.82) is 0 Å². The van der Waals surface area contributed by atoms with Crippen molar-refractivity contribution in [2.45, 2.75) is 19.4 Å². The van der Waals surface area contributed by atoms with Crippen LogP contribution in [0.3, 0.4) is 0 Å². The number of methoxy groups -OCH3 is 2. The monoisotopic (exact) mass is 384 g/mol. The van der Waals surface area contributed by atoms with Crippen LogP contribution in [0.25, 0.3) is 0 Å². The SMILES string of the molecule is COc1ccc(N[C@H]2CC(=O)N(c3cc(C(=O)O)ccc3C)C2=O)c(OC)c1. The largest absolute Gasteiger partial charge is 0.497 e. The minimum absolute atomic E-state index is 0.00873. The highest BCUT2D eigenvalue weighted by molar-refractivity contribution is 6.23. The van der Waals surface area contributed by atoms with E-state index in [2.05, 4.69) is 5.32 Å². The fourth-order valence-electron chi connectivity index (χ4n) is 3.09. The predicted octanol–water partition coefficient (Wildman–Crippen LogP) is 2.45. The van der Waals surface area contributed by atoms with Gasteiger partial charge in [0, 0.05) is 6.07 Å². The first-order valence-corrected chi connectivity index (χ1v) is 8.55. The Kier molecular flexibility index (Phi) is 5.21. The van der Waals surface area contributed by atoms with Crippen LogP contribution in [-0.2, 0) is 9.59 Å². The number of nitrogens with zero attached hydrogens (tertiary/aromatic N) is 1. The second-order valence-electron chi connectivity index (χ2n) is 6.34. The van der Waals surface area contributed by atoms with E-state index in [9.17, 15) is 19.5 Å². The number of carbonyl (C=O) groups is 3. The molecule has 1 heterocycles. The van der Waals surface area contributed by atoms with E-state index in [1.807, 2.05) is 0 Å². The summed E-state index contributed by atoms with van der Waals surface area (Å²) >= 11 is 0. The predicted molar refractivity (Wildman–Crippen MR) is 102 cm³/mol. The van der Waals surface area contributed by atoms with Crippen molar-refractivity contribution in [2.75, 3.05) is 24.4 Å². The molecule has 1 fully saturated rings. The molecule has 3 rings (SSSR count). The molecule has 28 heavy (non-hydrogen) atoms. The minimum Gasteiger partial charge on any atom is -0.497 e. The van der Waals surface area contributed by atoms with Crippen LogP contribution in [0.5, 0.6) is 11.5 Å². The number of benzene rings is 2. The lowest BCUT2D eigenvalue weighted by Crippen LogP contribution is -2.35. The average Bonchev–Trinajstić information content (AvgIpc) is 2.95. The molecule has 0 unspecified atom stereocenters. The zero-order valence-electron chi connectivity index (χ0n) is 15.7. The Bertz CT molecular complexity index is 956. The van der Waals surface area contributed by atoms with Crippen molar-refractivity contribution in [2.24, 2.45) is 0 Å². The van der Waals surface area contributed by atoms with E-state index >= 15 is 0 Å². The van der Waals surface area contributed by atoms with Gasteiger partial charge in [0.2, 0.25) is 5.91 Å². The Morgan fingerprint density at radius 3 is 2.54 bits per heavy atom. The lowest BCUT2D eigenvalue weighted by Gasteiger charge is -2.19. The molecule has 1 aliphatic heterocycles. The van der Waals surface area contributed by atoms with Gasteiger partial charge < -0.3 is 19.9 Å². The van der Waals surface area contributed by atoms with E-state index in [4.69, 9.17) is 9.47 Å². The number of imide groups is 1. The molecule has 0 aromatic heterocycles. The van der Waals surface area contributed by atoms with Gasteiger partial charge in [-0.25, -0.2) is 9.69 Å². The molecule has 146 valence electrons. The van der Waals surface area contributed by atoms with Gasteiger partial charge in [0.1, 0.15) is 17.5 Å². The van der Waals surface area contributed by atoms with Gasteiger partial charge in [0.15, 0.2) is 0 Å². The third kappa shape index (κ3) is 3.48. The summed E-state index contributed by atoms with van der Waals surface area (Å²) in [5.41, 5.74) is 1.47. The highest BCUT2D eigenvalue weighted by Gasteiger charge is 2.40. The number of anilines is 2. The zero-order chi connectivity index (χ0) is 20.4. The van der Waals surface area contributed by atoms with Gasteiger partial charge in [0.25, 0.3) is 5.91 Å². The third-order valence-electron chi connectivity index (χ3n) is 4.58.